The highest BCUT2D eigenvalue weighted by Crippen LogP contribution is 2.24. The summed E-state index contributed by atoms with van der Waals surface area (Å²) in [5.74, 6) is 0.277. The van der Waals surface area contributed by atoms with Crippen LogP contribution in [0.2, 0.25) is 0 Å². The third kappa shape index (κ3) is 4.60. The van der Waals surface area contributed by atoms with Gasteiger partial charge >= 0.3 is 0 Å². The standard InChI is InChI=1S/C24H24N2O3S/c1-16-25-22(15-30-16)18-4-2-17(3-5-18)14-23(28)26-12-10-20(11-13-26)24(29)19-6-8-21(27)9-7-19/h2-9,15,20,27H,10-14H2,1H3. The molecule has 0 aliphatic carbocycles. The number of nitrogens with zero attached hydrogens (tertiary/aromatic N) is 2. The number of hydrogen-bond acceptors (Lipinski definition) is 5. The van der Waals surface area contributed by atoms with Gasteiger partial charge in [-0.3, -0.25) is 9.59 Å². The number of phenols is 1. The van der Waals surface area contributed by atoms with Crippen LogP contribution in [0.4, 0.5) is 0 Å². The third-order valence-electron chi connectivity index (χ3n) is 5.59. The monoisotopic (exact) mass is 420 g/mol. The number of likely N-dealkylation sites (tertiary alicyclic amines) is 1. The first-order valence-corrected chi connectivity index (χ1v) is 11.0. The quantitative estimate of drug-likeness (QED) is 0.618. The lowest BCUT2D eigenvalue weighted by Gasteiger charge is -2.31. The van der Waals surface area contributed by atoms with E-state index >= 15 is 0 Å². The molecular formula is C24H24N2O3S. The number of amides is 1. The first kappa shape index (κ1) is 20.3. The number of Topliss-reactive ketones (excluding diaryl/α,β-unsaturated/α-hetero) is 1. The molecule has 1 N–H and O–H groups in total. The van der Waals surface area contributed by atoms with Gasteiger partial charge in [0.05, 0.1) is 17.1 Å². The molecule has 1 saturated heterocycles. The fraction of sp³-hybridized carbons (Fsp3) is 0.292. The van der Waals surface area contributed by atoms with E-state index in [1.165, 1.54) is 12.1 Å². The Morgan fingerprint density at radius 2 is 1.73 bits per heavy atom. The number of carbonyl (C=O) groups excluding carboxylic acids is 2. The van der Waals surface area contributed by atoms with Crippen molar-refractivity contribution in [2.45, 2.75) is 26.2 Å². The number of hydrogen-bond donors (Lipinski definition) is 1. The maximum atomic E-state index is 12.7. The molecular weight excluding hydrogens is 396 g/mol. The molecule has 1 fully saturated rings. The third-order valence-corrected chi connectivity index (χ3v) is 6.37. The van der Waals surface area contributed by atoms with Gasteiger partial charge in [0, 0.05) is 35.5 Å². The highest BCUT2D eigenvalue weighted by atomic mass is 32.1. The number of aromatic nitrogens is 1. The molecule has 0 atom stereocenters. The highest BCUT2D eigenvalue weighted by molar-refractivity contribution is 7.09. The summed E-state index contributed by atoms with van der Waals surface area (Å²) >= 11 is 1.63. The van der Waals surface area contributed by atoms with Crippen LogP contribution in [0.15, 0.2) is 53.9 Å². The van der Waals surface area contributed by atoms with Gasteiger partial charge in [-0.1, -0.05) is 24.3 Å². The van der Waals surface area contributed by atoms with Gasteiger partial charge in [0.25, 0.3) is 0 Å². The van der Waals surface area contributed by atoms with E-state index in [4.69, 9.17) is 0 Å². The van der Waals surface area contributed by atoms with Crippen LogP contribution >= 0.6 is 11.3 Å². The lowest BCUT2D eigenvalue weighted by Crippen LogP contribution is -2.41. The van der Waals surface area contributed by atoms with Gasteiger partial charge < -0.3 is 10.0 Å². The van der Waals surface area contributed by atoms with Crippen LogP contribution in [0.25, 0.3) is 11.3 Å². The molecule has 1 aliphatic rings. The van der Waals surface area contributed by atoms with E-state index in [2.05, 4.69) is 4.98 Å². The summed E-state index contributed by atoms with van der Waals surface area (Å²) in [7, 11) is 0. The fourth-order valence-electron chi connectivity index (χ4n) is 3.83. The van der Waals surface area contributed by atoms with Crippen molar-refractivity contribution in [2.24, 2.45) is 5.92 Å². The Morgan fingerprint density at radius 3 is 2.33 bits per heavy atom. The second-order valence-electron chi connectivity index (χ2n) is 7.69. The topological polar surface area (TPSA) is 70.5 Å². The SMILES string of the molecule is Cc1nc(-c2ccc(CC(=O)N3CCC(C(=O)c4ccc(O)cc4)CC3)cc2)cs1. The van der Waals surface area contributed by atoms with Gasteiger partial charge in [0.1, 0.15) is 5.75 Å². The van der Waals surface area contributed by atoms with E-state index in [1.807, 2.05) is 41.5 Å². The van der Waals surface area contributed by atoms with Crippen LogP contribution in [0.1, 0.15) is 33.8 Å². The van der Waals surface area contributed by atoms with Crippen molar-refractivity contribution in [3.8, 4) is 17.0 Å². The summed E-state index contributed by atoms with van der Waals surface area (Å²) in [6.07, 6.45) is 1.72. The van der Waals surface area contributed by atoms with Crippen LogP contribution in [0, 0.1) is 12.8 Å². The molecule has 2 heterocycles. The Bertz CT molecular complexity index is 1030. The van der Waals surface area contributed by atoms with Crippen molar-refractivity contribution >= 4 is 23.0 Å². The molecule has 0 spiro atoms. The minimum absolute atomic E-state index is 0.0700. The molecule has 0 unspecified atom stereocenters. The van der Waals surface area contributed by atoms with Crippen LogP contribution in [0.3, 0.4) is 0 Å². The van der Waals surface area contributed by atoms with Gasteiger partial charge in [-0.15, -0.1) is 11.3 Å². The number of benzene rings is 2. The predicted octanol–water partition coefficient (Wildman–Crippen LogP) is 4.49. The molecule has 1 aromatic heterocycles. The minimum Gasteiger partial charge on any atom is -0.508 e. The van der Waals surface area contributed by atoms with Crippen LogP contribution in [-0.2, 0) is 11.2 Å². The second kappa shape index (κ2) is 8.79. The van der Waals surface area contributed by atoms with E-state index < -0.39 is 0 Å². The fourth-order valence-corrected chi connectivity index (χ4v) is 4.45. The molecule has 6 heteroatoms. The summed E-state index contributed by atoms with van der Waals surface area (Å²) in [4.78, 5) is 31.7. The average molecular weight is 421 g/mol. The van der Waals surface area contributed by atoms with Crippen molar-refractivity contribution in [1.82, 2.24) is 9.88 Å². The molecule has 5 nitrogen and oxygen atoms in total. The molecule has 0 saturated carbocycles. The number of piperidine rings is 1. The molecule has 4 rings (SSSR count). The number of carbonyl (C=O) groups is 2. The van der Waals surface area contributed by atoms with Crippen molar-refractivity contribution in [2.75, 3.05) is 13.1 Å². The highest BCUT2D eigenvalue weighted by Gasteiger charge is 2.27. The Morgan fingerprint density at radius 1 is 1.07 bits per heavy atom. The number of aromatic hydroxyl groups is 1. The van der Waals surface area contributed by atoms with Crippen LogP contribution < -0.4 is 0 Å². The smallest absolute Gasteiger partial charge is 0.226 e. The average Bonchev–Trinajstić information content (AvgIpc) is 3.21. The first-order chi connectivity index (χ1) is 14.5. The maximum absolute atomic E-state index is 12.7. The molecule has 3 aromatic rings. The number of ketones is 1. The van der Waals surface area contributed by atoms with Gasteiger partial charge in [-0.05, 0) is 49.6 Å². The van der Waals surface area contributed by atoms with Gasteiger partial charge in [-0.2, -0.15) is 0 Å². The van der Waals surface area contributed by atoms with Crippen molar-refractivity contribution in [3.05, 3.63) is 70.0 Å². The van der Waals surface area contributed by atoms with Crippen molar-refractivity contribution < 1.29 is 14.7 Å². The first-order valence-electron chi connectivity index (χ1n) is 10.1. The van der Waals surface area contributed by atoms with Crippen molar-refractivity contribution in [1.29, 1.82) is 0 Å². The van der Waals surface area contributed by atoms with Crippen LogP contribution in [0.5, 0.6) is 5.75 Å². The van der Waals surface area contributed by atoms with E-state index in [0.717, 1.165) is 21.8 Å². The normalized spacial score (nSPS) is 14.6. The minimum atomic E-state index is -0.0700. The van der Waals surface area contributed by atoms with Gasteiger partial charge in [0.15, 0.2) is 5.78 Å². The number of aryl methyl sites for hydroxylation is 1. The largest absolute Gasteiger partial charge is 0.508 e. The van der Waals surface area contributed by atoms with E-state index in [9.17, 15) is 14.7 Å². The molecule has 1 amide bonds. The zero-order valence-electron chi connectivity index (χ0n) is 16.9. The number of rotatable bonds is 5. The number of phenolic OH excluding ortho intramolecular Hbond substituents is 1. The Hall–Kier alpha value is -2.99. The summed E-state index contributed by atoms with van der Waals surface area (Å²) < 4.78 is 0. The molecule has 0 radical (unpaired) electrons. The van der Waals surface area contributed by atoms with Crippen molar-refractivity contribution in [3.63, 3.8) is 0 Å². The summed E-state index contributed by atoms with van der Waals surface area (Å²) in [6.45, 7) is 3.19. The molecule has 154 valence electrons. The van der Waals surface area contributed by atoms with Gasteiger partial charge in [-0.25, -0.2) is 4.98 Å². The second-order valence-corrected chi connectivity index (χ2v) is 8.75. The Balaban J connectivity index is 1.31. The lowest BCUT2D eigenvalue weighted by atomic mass is 9.88. The summed E-state index contributed by atoms with van der Waals surface area (Å²) in [5.41, 5.74) is 3.63. The number of thiazole rings is 1. The van der Waals surface area contributed by atoms with Crippen LogP contribution in [-0.4, -0.2) is 39.8 Å². The van der Waals surface area contributed by atoms with E-state index in [1.54, 1.807) is 23.5 Å². The molecule has 30 heavy (non-hydrogen) atoms. The summed E-state index contributed by atoms with van der Waals surface area (Å²) in [6, 6.07) is 14.4. The predicted molar refractivity (Wildman–Crippen MR) is 118 cm³/mol. The zero-order chi connectivity index (χ0) is 21.1. The maximum Gasteiger partial charge on any atom is 0.226 e. The van der Waals surface area contributed by atoms with Gasteiger partial charge in [0.2, 0.25) is 5.91 Å². The molecule has 1 aliphatic heterocycles. The van der Waals surface area contributed by atoms with E-state index in [-0.39, 0.29) is 23.4 Å². The zero-order valence-corrected chi connectivity index (χ0v) is 17.7. The molecule has 2 aromatic carbocycles. The Kier molecular flexibility index (Phi) is 5.95. The van der Waals surface area contributed by atoms with E-state index in [0.29, 0.717) is 37.9 Å². The summed E-state index contributed by atoms with van der Waals surface area (Å²) in [5, 5.41) is 12.5. The molecule has 0 bridgehead atoms. The lowest BCUT2D eigenvalue weighted by molar-refractivity contribution is -0.131. The Labute approximate surface area is 180 Å².